The number of nitrogens with one attached hydrogen (secondary N) is 4. The fraction of sp³-hybridized carbons (Fsp3) is 0.261. The van der Waals surface area contributed by atoms with Crippen molar-refractivity contribution in [1.82, 2.24) is 25.3 Å². The lowest BCUT2D eigenvalue weighted by molar-refractivity contribution is 0.252. The summed E-state index contributed by atoms with van der Waals surface area (Å²) in [4.78, 5) is 39.5. The van der Waals surface area contributed by atoms with Gasteiger partial charge in [0.05, 0.1) is 15.0 Å². The lowest BCUT2D eigenvalue weighted by Crippen LogP contribution is -2.34. The molecule has 2 amide bonds. The first-order chi connectivity index (χ1) is 17.0. The van der Waals surface area contributed by atoms with Crippen LogP contribution in [-0.4, -0.2) is 45.7 Å². The van der Waals surface area contributed by atoms with Crippen LogP contribution in [0.2, 0.25) is 0 Å². The summed E-state index contributed by atoms with van der Waals surface area (Å²) in [5.41, 5.74) is 3.10. The number of aromatic nitrogens is 4. The fourth-order valence-corrected chi connectivity index (χ4v) is 4.81. The molecule has 3 heterocycles. The highest BCUT2D eigenvalue weighted by atomic mass is 32.2. The summed E-state index contributed by atoms with van der Waals surface area (Å²) < 4.78 is 27.0. The highest BCUT2D eigenvalue weighted by molar-refractivity contribution is 7.94. The minimum Gasteiger partial charge on any atom is -0.338 e. The maximum atomic E-state index is 12.4. The van der Waals surface area contributed by atoms with Gasteiger partial charge in [0, 0.05) is 42.3 Å². The summed E-state index contributed by atoms with van der Waals surface area (Å²) >= 11 is 1.29. The number of rotatable bonds is 6. The van der Waals surface area contributed by atoms with Crippen molar-refractivity contribution in [2.24, 2.45) is 0 Å². The summed E-state index contributed by atoms with van der Waals surface area (Å²) in [6.07, 6.45) is 4.58. The minimum absolute atomic E-state index is 0.0355. The molecule has 0 aliphatic rings. The van der Waals surface area contributed by atoms with Crippen LogP contribution >= 0.6 is 11.3 Å². The van der Waals surface area contributed by atoms with Gasteiger partial charge in [-0.25, -0.2) is 28.2 Å². The Morgan fingerprint density at radius 1 is 1.08 bits per heavy atom. The Labute approximate surface area is 211 Å². The van der Waals surface area contributed by atoms with Gasteiger partial charge >= 0.3 is 6.03 Å². The molecule has 4 aromatic rings. The normalized spacial score (nSPS) is 11.9. The predicted molar refractivity (Wildman–Crippen MR) is 142 cm³/mol. The highest BCUT2D eigenvalue weighted by Crippen LogP contribution is 2.38. The molecular formula is C23H25N7O4S2. The number of nitrogens with zero attached hydrogens (tertiary/aromatic N) is 3. The van der Waals surface area contributed by atoms with Gasteiger partial charge < -0.3 is 10.3 Å². The Hall–Kier alpha value is -3.84. The van der Waals surface area contributed by atoms with Crippen molar-refractivity contribution < 1.29 is 13.2 Å². The zero-order valence-corrected chi connectivity index (χ0v) is 21.7. The number of anilines is 2. The fourth-order valence-electron chi connectivity index (χ4n) is 3.18. The van der Waals surface area contributed by atoms with Crippen LogP contribution in [0.5, 0.6) is 0 Å². The number of carbonyl (C=O) groups excluding carboxylic acids is 1. The summed E-state index contributed by atoms with van der Waals surface area (Å²) in [5.74, 6) is -0.0355. The Kier molecular flexibility index (Phi) is 6.78. The molecule has 13 heteroatoms. The van der Waals surface area contributed by atoms with Gasteiger partial charge in [-0.3, -0.25) is 14.8 Å². The smallest absolute Gasteiger partial charge is 0.321 e. The molecule has 0 atom stereocenters. The van der Waals surface area contributed by atoms with Gasteiger partial charge in [0.1, 0.15) is 0 Å². The molecule has 0 unspecified atom stereocenters. The maximum Gasteiger partial charge on any atom is 0.321 e. The SMILES string of the molecule is CCNC(=O)Nc1nc2cc(-c3cnc(NS(=O)(=O)C(C)(C)C)nc3)cc(-c3cc[nH]c(=O)c3)c2s1. The predicted octanol–water partition coefficient (Wildman–Crippen LogP) is 3.79. The van der Waals surface area contributed by atoms with Gasteiger partial charge in [0.25, 0.3) is 0 Å². The monoisotopic (exact) mass is 527 g/mol. The molecule has 4 rings (SSSR count). The van der Waals surface area contributed by atoms with Crippen LogP contribution in [0.3, 0.4) is 0 Å². The maximum absolute atomic E-state index is 12.4. The Morgan fingerprint density at radius 3 is 2.44 bits per heavy atom. The number of hydrogen-bond donors (Lipinski definition) is 4. The molecule has 0 radical (unpaired) electrons. The van der Waals surface area contributed by atoms with Crippen molar-refractivity contribution >= 4 is 48.7 Å². The summed E-state index contributed by atoms with van der Waals surface area (Å²) in [6, 6.07) is 6.59. The number of hydrogen-bond acceptors (Lipinski definition) is 8. The van der Waals surface area contributed by atoms with Gasteiger partial charge in [0.2, 0.25) is 21.5 Å². The van der Waals surface area contributed by atoms with E-state index in [2.05, 4.69) is 35.3 Å². The van der Waals surface area contributed by atoms with E-state index in [9.17, 15) is 18.0 Å². The van der Waals surface area contributed by atoms with Crippen LogP contribution in [0.25, 0.3) is 32.5 Å². The first-order valence-corrected chi connectivity index (χ1v) is 13.3. The molecule has 0 bridgehead atoms. The van der Waals surface area contributed by atoms with E-state index in [0.717, 1.165) is 10.3 Å². The van der Waals surface area contributed by atoms with Gasteiger partial charge in [-0.2, -0.15) is 0 Å². The van der Waals surface area contributed by atoms with Gasteiger partial charge in [-0.15, -0.1) is 0 Å². The standard InChI is InChI=1S/C23H25N7O4S2/c1-5-24-21(32)29-22-28-17-9-14(8-16(19(17)35-22)13-6-7-25-18(31)10-13)15-11-26-20(27-12-15)30-36(33,34)23(2,3)4/h6-12H,5H2,1-4H3,(H,25,31)(H,26,27,30)(H2,24,28,29,32). The Morgan fingerprint density at radius 2 is 1.81 bits per heavy atom. The zero-order chi connectivity index (χ0) is 26.1. The second-order valence-corrected chi connectivity index (χ2v) is 12.3. The van der Waals surface area contributed by atoms with Gasteiger partial charge in [0.15, 0.2) is 5.13 Å². The lowest BCUT2D eigenvalue weighted by atomic mass is 10.0. The third kappa shape index (κ3) is 5.36. The highest BCUT2D eigenvalue weighted by Gasteiger charge is 2.29. The largest absolute Gasteiger partial charge is 0.338 e. The number of benzene rings is 1. The average molecular weight is 528 g/mol. The number of thiazole rings is 1. The van der Waals surface area contributed by atoms with Crippen LogP contribution in [0.15, 0.2) is 47.7 Å². The van der Waals surface area contributed by atoms with Crippen molar-refractivity contribution in [3.63, 3.8) is 0 Å². The second-order valence-electron chi connectivity index (χ2n) is 8.83. The number of amides is 2. The molecule has 36 heavy (non-hydrogen) atoms. The van der Waals surface area contributed by atoms with E-state index >= 15 is 0 Å². The van der Waals surface area contributed by atoms with Crippen molar-refractivity contribution in [1.29, 1.82) is 0 Å². The van der Waals surface area contributed by atoms with E-state index in [1.54, 1.807) is 33.0 Å². The number of carbonyl (C=O) groups is 1. The molecule has 0 aliphatic heterocycles. The Bertz CT molecular complexity index is 1590. The molecule has 0 saturated carbocycles. The van der Waals surface area contributed by atoms with Crippen molar-refractivity contribution in [2.75, 3.05) is 16.6 Å². The molecule has 188 valence electrons. The number of sulfonamides is 1. The second kappa shape index (κ2) is 9.66. The van der Waals surface area contributed by atoms with Crippen LogP contribution in [0.1, 0.15) is 27.7 Å². The minimum atomic E-state index is -3.67. The molecular weight excluding hydrogens is 502 g/mol. The summed E-state index contributed by atoms with van der Waals surface area (Å²) in [5, 5.41) is 5.79. The number of urea groups is 1. The average Bonchev–Trinajstić information content (AvgIpc) is 3.20. The molecule has 11 nitrogen and oxygen atoms in total. The topological polar surface area (TPSA) is 159 Å². The van der Waals surface area contributed by atoms with Crippen LogP contribution < -0.4 is 20.9 Å². The van der Waals surface area contributed by atoms with E-state index in [1.807, 2.05) is 19.1 Å². The molecule has 4 N–H and O–H groups in total. The Balaban J connectivity index is 1.77. The summed E-state index contributed by atoms with van der Waals surface area (Å²) in [6.45, 7) is 7.03. The van der Waals surface area contributed by atoms with E-state index < -0.39 is 14.8 Å². The van der Waals surface area contributed by atoms with Crippen molar-refractivity contribution in [2.45, 2.75) is 32.4 Å². The van der Waals surface area contributed by atoms with Gasteiger partial charge in [-0.1, -0.05) is 11.3 Å². The molecule has 0 saturated heterocycles. The first-order valence-electron chi connectivity index (χ1n) is 11.0. The third-order valence-corrected chi connectivity index (χ3v) is 8.23. The number of pyridine rings is 1. The zero-order valence-electron chi connectivity index (χ0n) is 20.0. The van der Waals surface area contributed by atoms with E-state index in [1.165, 1.54) is 29.8 Å². The van der Waals surface area contributed by atoms with E-state index in [4.69, 9.17) is 0 Å². The van der Waals surface area contributed by atoms with E-state index in [-0.39, 0.29) is 17.5 Å². The third-order valence-electron chi connectivity index (χ3n) is 5.15. The first kappa shape index (κ1) is 25.3. The molecule has 0 spiro atoms. The van der Waals surface area contributed by atoms with Crippen molar-refractivity contribution in [3.8, 4) is 22.3 Å². The summed E-state index contributed by atoms with van der Waals surface area (Å²) in [7, 11) is -3.67. The quantitative estimate of drug-likeness (QED) is 0.297. The van der Waals surface area contributed by atoms with Crippen molar-refractivity contribution in [3.05, 3.63) is 53.2 Å². The lowest BCUT2D eigenvalue weighted by Gasteiger charge is -2.19. The molecule has 0 fully saturated rings. The van der Waals surface area contributed by atoms with Crippen LogP contribution in [0.4, 0.5) is 15.9 Å². The molecule has 1 aromatic carbocycles. The van der Waals surface area contributed by atoms with Crippen LogP contribution in [0, 0.1) is 0 Å². The van der Waals surface area contributed by atoms with Gasteiger partial charge in [-0.05, 0) is 57.0 Å². The number of H-pyrrole nitrogens is 1. The molecule has 3 aromatic heterocycles. The van der Waals surface area contributed by atoms with E-state index in [0.29, 0.717) is 33.9 Å². The number of fused-ring (bicyclic) bond motifs is 1. The molecule has 0 aliphatic carbocycles. The number of aromatic amines is 1. The van der Waals surface area contributed by atoms with Crippen LogP contribution in [-0.2, 0) is 10.0 Å².